The molecule has 0 bridgehead atoms. The normalized spacial score (nSPS) is 14.7. The van der Waals surface area contributed by atoms with Crippen molar-refractivity contribution in [2.75, 3.05) is 5.88 Å². The number of hydrogen-bond donors (Lipinski definition) is 0. The minimum Gasteiger partial charge on any atom is -0.127 e. The first-order chi connectivity index (χ1) is 8.68. The van der Waals surface area contributed by atoms with Gasteiger partial charge in [0.25, 0.3) is 0 Å². The highest BCUT2D eigenvalue weighted by molar-refractivity contribution is 6.17. The summed E-state index contributed by atoms with van der Waals surface area (Å²) >= 11 is 5.99. The summed E-state index contributed by atoms with van der Waals surface area (Å²) in [6.45, 7) is 7.03. The first kappa shape index (κ1) is 18.3. The summed E-state index contributed by atoms with van der Waals surface area (Å²) in [5.74, 6) is 0.833. The fraction of sp³-hybridized carbons (Fsp3) is 1.00. The molecule has 0 fully saturated rings. The molecule has 0 aliphatic carbocycles. The third-order valence-electron chi connectivity index (χ3n) is 4.22. The molecule has 0 aliphatic rings. The van der Waals surface area contributed by atoms with E-state index in [9.17, 15) is 0 Å². The molecule has 18 heavy (non-hydrogen) atoms. The Kier molecular flexibility index (Phi) is 12.5. The number of hydrogen-bond acceptors (Lipinski definition) is 0. The Morgan fingerprint density at radius 1 is 0.667 bits per heavy atom. The average molecular weight is 275 g/mol. The molecule has 1 heteroatoms. The summed E-state index contributed by atoms with van der Waals surface area (Å²) in [5, 5.41) is 0. The van der Waals surface area contributed by atoms with Crippen LogP contribution >= 0.6 is 11.6 Å². The van der Waals surface area contributed by atoms with Gasteiger partial charge in [-0.25, -0.2) is 0 Å². The Morgan fingerprint density at radius 2 is 1.11 bits per heavy atom. The van der Waals surface area contributed by atoms with Crippen molar-refractivity contribution in [2.45, 2.75) is 97.8 Å². The molecule has 0 aromatic rings. The highest BCUT2D eigenvalue weighted by Gasteiger charge is 2.22. The van der Waals surface area contributed by atoms with E-state index in [0.29, 0.717) is 5.41 Å². The third kappa shape index (κ3) is 10.2. The Balaban J connectivity index is 3.78. The Hall–Kier alpha value is 0.290. The van der Waals surface area contributed by atoms with Crippen molar-refractivity contribution in [1.82, 2.24) is 0 Å². The number of rotatable bonds is 13. The van der Waals surface area contributed by atoms with Crippen LogP contribution in [0.2, 0.25) is 0 Å². The second-order valence-electron chi connectivity index (χ2n) is 6.22. The van der Waals surface area contributed by atoms with Crippen LogP contribution < -0.4 is 0 Å². The molecule has 0 aliphatic heterocycles. The van der Waals surface area contributed by atoms with Crippen LogP contribution in [0.5, 0.6) is 0 Å². The molecule has 110 valence electrons. The van der Waals surface area contributed by atoms with Crippen molar-refractivity contribution in [3.05, 3.63) is 0 Å². The molecule has 0 amide bonds. The van der Waals surface area contributed by atoms with Crippen molar-refractivity contribution >= 4 is 11.6 Å². The van der Waals surface area contributed by atoms with Gasteiger partial charge in [-0.3, -0.25) is 0 Å². The van der Waals surface area contributed by atoms with Gasteiger partial charge in [-0.1, -0.05) is 78.6 Å². The molecule has 1 atom stereocenters. The van der Waals surface area contributed by atoms with Gasteiger partial charge in [0, 0.05) is 5.88 Å². The minimum atomic E-state index is 0.516. The van der Waals surface area contributed by atoms with Crippen molar-refractivity contribution in [3.63, 3.8) is 0 Å². The van der Waals surface area contributed by atoms with E-state index in [1.165, 1.54) is 77.0 Å². The molecule has 0 radical (unpaired) electrons. The predicted octanol–water partition coefficient (Wildman–Crippen LogP) is 6.95. The molecule has 0 N–H and O–H groups in total. The molecule has 0 saturated carbocycles. The first-order valence-electron chi connectivity index (χ1n) is 8.24. The fourth-order valence-electron chi connectivity index (χ4n) is 2.74. The van der Waals surface area contributed by atoms with Crippen LogP contribution in [0.4, 0.5) is 0 Å². The highest BCUT2D eigenvalue weighted by Crippen LogP contribution is 2.35. The minimum absolute atomic E-state index is 0.516. The molecule has 0 aromatic heterocycles. The lowest BCUT2D eigenvalue weighted by molar-refractivity contribution is 0.243. The van der Waals surface area contributed by atoms with Crippen LogP contribution in [0.25, 0.3) is 0 Å². The van der Waals surface area contributed by atoms with Crippen LogP contribution in [-0.4, -0.2) is 5.88 Å². The monoisotopic (exact) mass is 274 g/mol. The van der Waals surface area contributed by atoms with Gasteiger partial charge in [0.15, 0.2) is 0 Å². The van der Waals surface area contributed by atoms with Gasteiger partial charge in [-0.2, -0.15) is 0 Å². The molecular formula is C17H35Cl. The van der Waals surface area contributed by atoms with Gasteiger partial charge >= 0.3 is 0 Å². The SMILES string of the molecule is CCCCCCCC(C)(CCCl)CCCCCC. The molecular weight excluding hydrogens is 240 g/mol. The van der Waals surface area contributed by atoms with Crippen LogP contribution in [0, 0.1) is 5.41 Å². The maximum Gasteiger partial charge on any atom is 0.0228 e. The number of halogens is 1. The Labute approximate surface area is 121 Å². The second-order valence-corrected chi connectivity index (χ2v) is 6.60. The van der Waals surface area contributed by atoms with E-state index >= 15 is 0 Å². The second kappa shape index (κ2) is 12.3. The molecule has 0 rings (SSSR count). The maximum atomic E-state index is 5.99. The van der Waals surface area contributed by atoms with Crippen LogP contribution in [0.15, 0.2) is 0 Å². The smallest absolute Gasteiger partial charge is 0.0228 e. The zero-order valence-electron chi connectivity index (χ0n) is 13.1. The summed E-state index contributed by atoms with van der Waals surface area (Å²) in [5.41, 5.74) is 0.516. The molecule has 0 spiro atoms. The van der Waals surface area contributed by atoms with Crippen LogP contribution in [-0.2, 0) is 0 Å². The van der Waals surface area contributed by atoms with Gasteiger partial charge < -0.3 is 0 Å². The average Bonchev–Trinajstić information content (AvgIpc) is 2.35. The first-order valence-corrected chi connectivity index (χ1v) is 8.78. The summed E-state index contributed by atoms with van der Waals surface area (Å²) < 4.78 is 0. The van der Waals surface area contributed by atoms with E-state index in [1.54, 1.807) is 0 Å². The van der Waals surface area contributed by atoms with Gasteiger partial charge in [-0.15, -0.1) is 11.6 Å². The van der Waals surface area contributed by atoms with Crippen molar-refractivity contribution < 1.29 is 0 Å². The lowest BCUT2D eigenvalue weighted by atomic mass is 9.77. The van der Waals surface area contributed by atoms with Crippen LogP contribution in [0.1, 0.15) is 97.8 Å². The zero-order valence-corrected chi connectivity index (χ0v) is 13.8. The van der Waals surface area contributed by atoms with Gasteiger partial charge in [-0.05, 0) is 24.7 Å². The van der Waals surface area contributed by atoms with E-state index in [-0.39, 0.29) is 0 Å². The van der Waals surface area contributed by atoms with E-state index in [2.05, 4.69) is 20.8 Å². The number of alkyl halides is 1. The van der Waals surface area contributed by atoms with Crippen molar-refractivity contribution in [1.29, 1.82) is 0 Å². The van der Waals surface area contributed by atoms with E-state index < -0.39 is 0 Å². The standard InChI is InChI=1S/C17H35Cl/c1-4-6-8-10-12-14-17(3,15-16-18)13-11-9-7-5-2/h4-16H2,1-3H3. The van der Waals surface area contributed by atoms with E-state index in [0.717, 1.165) is 5.88 Å². The van der Waals surface area contributed by atoms with E-state index in [4.69, 9.17) is 11.6 Å². The van der Waals surface area contributed by atoms with Crippen LogP contribution in [0.3, 0.4) is 0 Å². The molecule has 0 aromatic carbocycles. The fourth-order valence-corrected chi connectivity index (χ4v) is 3.19. The van der Waals surface area contributed by atoms with Gasteiger partial charge in [0.1, 0.15) is 0 Å². The van der Waals surface area contributed by atoms with Gasteiger partial charge in [0.05, 0.1) is 0 Å². The van der Waals surface area contributed by atoms with Gasteiger partial charge in [0.2, 0.25) is 0 Å². The Bertz CT molecular complexity index is 167. The summed E-state index contributed by atoms with van der Waals surface area (Å²) in [7, 11) is 0. The maximum absolute atomic E-state index is 5.99. The summed E-state index contributed by atoms with van der Waals surface area (Å²) in [6, 6.07) is 0. The summed E-state index contributed by atoms with van der Waals surface area (Å²) in [4.78, 5) is 0. The van der Waals surface area contributed by atoms with Crippen molar-refractivity contribution in [2.24, 2.45) is 5.41 Å². The molecule has 0 heterocycles. The molecule has 0 nitrogen and oxygen atoms in total. The molecule has 1 unspecified atom stereocenters. The van der Waals surface area contributed by atoms with E-state index in [1.807, 2.05) is 0 Å². The topological polar surface area (TPSA) is 0 Å². The largest absolute Gasteiger partial charge is 0.127 e. The summed E-state index contributed by atoms with van der Waals surface area (Å²) in [6.07, 6.45) is 16.5. The highest BCUT2D eigenvalue weighted by atomic mass is 35.5. The quantitative estimate of drug-likeness (QED) is 0.252. The number of unbranched alkanes of at least 4 members (excludes halogenated alkanes) is 7. The zero-order chi connectivity index (χ0) is 13.7. The Morgan fingerprint density at radius 3 is 1.56 bits per heavy atom. The third-order valence-corrected chi connectivity index (χ3v) is 4.40. The lowest BCUT2D eigenvalue weighted by Crippen LogP contribution is -2.17. The predicted molar refractivity (Wildman–Crippen MR) is 85.6 cm³/mol. The molecule has 0 saturated heterocycles. The lowest BCUT2D eigenvalue weighted by Gasteiger charge is -2.29. The van der Waals surface area contributed by atoms with Crippen molar-refractivity contribution in [3.8, 4) is 0 Å².